The summed E-state index contributed by atoms with van der Waals surface area (Å²) in [6.07, 6.45) is 11.8. The highest BCUT2D eigenvalue weighted by Gasteiger charge is 2.22. The number of rotatable bonds is 6. The quantitative estimate of drug-likeness (QED) is 0.458. The third kappa shape index (κ3) is 4.49. The monoisotopic (exact) mass is 403 g/mol. The Hall–Kier alpha value is -2.58. The highest BCUT2D eigenvalue weighted by molar-refractivity contribution is 9.10. The Morgan fingerprint density at radius 2 is 1.80 bits per heavy atom. The average Bonchev–Trinajstić information content (AvgIpc) is 2.59. The van der Waals surface area contributed by atoms with Gasteiger partial charge in [-0.05, 0) is 46.3 Å². The van der Waals surface area contributed by atoms with E-state index in [1.54, 1.807) is 36.4 Å². The number of hydrogen-bond acceptors (Lipinski definition) is 2. The zero-order valence-electron chi connectivity index (χ0n) is 13.5. The van der Waals surface area contributed by atoms with Crippen molar-refractivity contribution >= 4 is 27.3 Å². The first-order chi connectivity index (χ1) is 12.1. The lowest BCUT2D eigenvalue weighted by Crippen LogP contribution is -2.21. The van der Waals surface area contributed by atoms with E-state index >= 15 is 0 Å². The van der Waals surface area contributed by atoms with E-state index in [1.807, 2.05) is 0 Å². The van der Waals surface area contributed by atoms with E-state index in [0.29, 0.717) is 15.9 Å². The number of nitrogens with zero attached hydrogens (tertiary/aromatic N) is 1. The van der Waals surface area contributed by atoms with Crippen LogP contribution in [0.2, 0.25) is 0 Å². The molecule has 128 valence electrons. The minimum Gasteiger partial charge on any atom is -0.495 e. The van der Waals surface area contributed by atoms with Gasteiger partial charge in [-0.1, -0.05) is 36.3 Å². The van der Waals surface area contributed by atoms with Crippen molar-refractivity contribution in [2.24, 2.45) is 0 Å². The first-order valence-electron chi connectivity index (χ1n) is 7.42. The van der Waals surface area contributed by atoms with Gasteiger partial charge in [-0.25, -0.2) is 8.78 Å². The van der Waals surface area contributed by atoms with Gasteiger partial charge < -0.3 is 9.64 Å². The van der Waals surface area contributed by atoms with Crippen LogP contribution >= 0.6 is 15.9 Å². The summed E-state index contributed by atoms with van der Waals surface area (Å²) in [7, 11) is 1.51. The number of hydrogen-bond donors (Lipinski definition) is 0. The minimum absolute atomic E-state index is 0.154. The van der Waals surface area contributed by atoms with Crippen LogP contribution in [0.25, 0.3) is 0 Å². The number of benzene rings is 2. The SMILES string of the molecule is C#C/C=C\C=C/CN(c1c(F)cccc1F)c1c(Br)cccc1OC. The smallest absolute Gasteiger partial charge is 0.149 e. The fourth-order valence-electron chi connectivity index (χ4n) is 2.32. The van der Waals surface area contributed by atoms with E-state index in [0.717, 1.165) is 0 Å². The van der Waals surface area contributed by atoms with E-state index in [4.69, 9.17) is 11.2 Å². The molecule has 0 saturated carbocycles. The summed E-state index contributed by atoms with van der Waals surface area (Å²) < 4.78 is 34.8. The zero-order chi connectivity index (χ0) is 18.2. The molecule has 0 saturated heterocycles. The number of methoxy groups -OCH3 is 1. The van der Waals surface area contributed by atoms with Crippen molar-refractivity contribution in [2.45, 2.75) is 0 Å². The molecular formula is C20H16BrF2NO. The molecule has 0 heterocycles. The van der Waals surface area contributed by atoms with Gasteiger partial charge in [0.05, 0.1) is 12.8 Å². The second-order valence-corrected chi connectivity index (χ2v) is 5.78. The number of anilines is 2. The van der Waals surface area contributed by atoms with Crippen LogP contribution in [-0.2, 0) is 0 Å². The molecule has 2 aromatic rings. The molecule has 0 N–H and O–H groups in total. The number of halogens is 3. The van der Waals surface area contributed by atoms with E-state index in [9.17, 15) is 8.78 Å². The van der Waals surface area contributed by atoms with Gasteiger partial charge in [0.15, 0.2) is 0 Å². The summed E-state index contributed by atoms with van der Waals surface area (Å²) in [5.74, 6) is 1.54. The van der Waals surface area contributed by atoms with Crippen molar-refractivity contribution in [3.8, 4) is 18.1 Å². The molecule has 2 nitrogen and oxygen atoms in total. The standard InChI is InChI=1S/C20H16BrF2NO/c1-3-4-5-6-7-14-24(20-16(22)11-9-12-17(20)23)19-15(21)10-8-13-18(19)25-2/h1,4-13H,14H2,2H3/b5-4-,7-6-. The molecular weight excluding hydrogens is 388 g/mol. The normalized spacial score (nSPS) is 11.0. The van der Waals surface area contributed by atoms with Gasteiger partial charge in [0.2, 0.25) is 0 Å². The molecule has 0 aliphatic heterocycles. The molecule has 2 aromatic carbocycles. The summed E-state index contributed by atoms with van der Waals surface area (Å²) in [5, 5.41) is 0. The summed E-state index contributed by atoms with van der Waals surface area (Å²) in [4.78, 5) is 1.51. The molecule has 0 unspecified atom stereocenters. The fourth-order valence-corrected chi connectivity index (χ4v) is 2.88. The van der Waals surface area contributed by atoms with Crippen LogP contribution in [0.5, 0.6) is 5.75 Å². The molecule has 0 amide bonds. The van der Waals surface area contributed by atoms with Gasteiger partial charge >= 0.3 is 0 Å². The molecule has 0 radical (unpaired) electrons. The van der Waals surface area contributed by atoms with Crippen molar-refractivity contribution in [1.29, 1.82) is 0 Å². The average molecular weight is 404 g/mol. The molecule has 0 aliphatic rings. The molecule has 0 aromatic heterocycles. The first kappa shape index (κ1) is 18.8. The Labute approximate surface area is 154 Å². The van der Waals surface area contributed by atoms with E-state index < -0.39 is 11.6 Å². The van der Waals surface area contributed by atoms with Gasteiger partial charge in [-0.2, -0.15) is 0 Å². The van der Waals surface area contributed by atoms with Gasteiger partial charge in [-0.3, -0.25) is 0 Å². The molecule has 2 rings (SSSR count). The summed E-state index contributed by atoms with van der Waals surface area (Å²) in [6, 6.07) is 9.07. The molecule has 0 fully saturated rings. The van der Waals surface area contributed by atoms with Gasteiger partial charge in [0.25, 0.3) is 0 Å². The summed E-state index contributed by atoms with van der Waals surface area (Å²) in [5.41, 5.74) is 0.373. The van der Waals surface area contributed by atoms with Crippen LogP contribution in [-0.4, -0.2) is 13.7 Å². The molecule has 0 bridgehead atoms. The van der Waals surface area contributed by atoms with Crippen LogP contribution < -0.4 is 9.64 Å². The Morgan fingerprint density at radius 3 is 2.44 bits per heavy atom. The number of para-hydroxylation sites is 2. The molecule has 5 heteroatoms. The molecule has 0 atom stereocenters. The Bertz CT molecular complexity index is 820. The van der Waals surface area contributed by atoms with Crippen LogP contribution in [0.4, 0.5) is 20.2 Å². The fraction of sp³-hybridized carbons (Fsp3) is 0.100. The van der Waals surface area contributed by atoms with E-state index in [2.05, 4.69) is 21.9 Å². The second kappa shape index (κ2) is 9.05. The topological polar surface area (TPSA) is 12.5 Å². The predicted molar refractivity (Wildman–Crippen MR) is 101 cm³/mol. The van der Waals surface area contributed by atoms with Crippen molar-refractivity contribution in [3.63, 3.8) is 0 Å². The number of allylic oxidation sites excluding steroid dienone is 3. The largest absolute Gasteiger partial charge is 0.495 e. The lowest BCUT2D eigenvalue weighted by Gasteiger charge is -2.27. The Morgan fingerprint density at radius 1 is 1.12 bits per heavy atom. The lowest BCUT2D eigenvalue weighted by molar-refractivity contribution is 0.415. The number of ether oxygens (including phenoxy) is 1. The van der Waals surface area contributed by atoms with Crippen LogP contribution in [0.3, 0.4) is 0 Å². The second-order valence-electron chi connectivity index (χ2n) is 4.93. The third-order valence-corrected chi connectivity index (χ3v) is 4.01. The number of terminal acetylenes is 1. The van der Waals surface area contributed by atoms with Crippen LogP contribution in [0.1, 0.15) is 0 Å². The van der Waals surface area contributed by atoms with Crippen molar-refractivity contribution in [3.05, 3.63) is 76.8 Å². The maximum atomic E-state index is 14.4. The van der Waals surface area contributed by atoms with E-state index in [-0.39, 0.29) is 12.2 Å². The van der Waals surface area contributed by atoms with Crippen molar-refractivity contribution in [1.82, 2.24) is 0 Å². The lowest BCUT2D eigenvalue weighted by atomic mass is 10.2. The summed E-state index contributed by atoms with van der Waals surface area (Å²) >= 11 is 3.44. The zero-order valence-corrected chi connectivity index (χ0v) is 15.1. The minimum atomic E-state index is -0.662. The maximum absolute atomic E-state index is 14.4. The molecule has 25 heavy (non-hydrogen) atoms. The van der Waals surface area contributed by atoms with E-state index in [1.165, 1.54) is 36.3 Å². The third-order valence-electron chi connectivity index (χ3n) is 3.37. The van der Waals surface area contributed by atoms with Crippen LogP contribution in [0.15, 0.2) is 65.2 Å². The summed E-state index contributed by atoms with van der Waals surface area (Å²) in [6.45, 7) is 0.214. The highest BCUT2D eigenvalue weighted by atomic mass is 79.9. The maximum Gasteiger partial charge on any atom is 0.149 e. The van der Waals surface area contributed by atoms with Crippen molar-refractivity contribution < 1.29 is 13.5 Å². The Kier molecular flexibility index (Phi) is 6.79. The Balaban J connectivity index is 2.56. The highest BCUT2D eigenvalue weighted by Crippen LogP contribution is 2.41. The van der Waals surface area contributed by atoms with Crippen molar-refractivity contribution in [2.75, 3.05) is 18.6 Å². The van der Waals surface area contributed by atoms with Gasteiger partial charge in [-0.15, -0.1) is 6.42 Å². The first-order valence-corrected chi connectivity index (χ1v) is 8.21. The predicted octanol–water partition coefficient (Wildman–Crippen LogP) is 5.62. The van der Waals surface area contributed by atoms with Gasteiger partial charge in [0, 0.05) is 11.0 Å². The molecule has 0 spiro atoms. The molecule has 0 aliphatic carbocycles. The van der Waals surface area contributed by atoms with Crippen LogP contribution in [0, 0.1) is 24.0 Å². The van der Waals surface area contributed by atoms with Gasteiger partial charge in [0.1, 0.15) is 23.1 Å².